The molecule has 0 radical (unpaired) electrons. The van der Waals surface area contributed by atoms with E-state index in [1.165, 1.54) is 11.3 Å². The van der Waals surface area contributed by atoms with Gasteiger partial charge in [-0.05, 0) is 12.1 Å². The van der Waals surface area contributed by atoms with E-state index in [2.05, 4.69) is 15.3 Å². The van der Waals surface area contributed by atoms with Gasteiger partial charge in [0.2, 0.25) is 5.91 Å². The van der Waals surface area contributed by atoms with Crippen LogP contribution in [0.5, 0.6) is 0 Å². The van der Waals surface area contributed by atoms with Crippen molar-refractivity contribution in [1.29, 1.82) is 0 Å². The number of amides is 1. The van der Waals surface area contributed by atoms with E-state index in [1.807, 2.05) is 17.5 Å². The van der Waals surface area contributed by atoms with Gasteiger partial charge in [-0.2, -0.15) is 0 Å². The predicted octanol–water partition coefficient (Wildman–Crippen LogP) is 1.49. The highest BCUT2D eigenvalue weighted by atomic mass is 32.1. The van der Waals surface area contributed by atoms with Crippen molar-refractivity contribution in [3.8, 4) is 10.6 Å². The van der Waals surface area contributed by atoms with Crippen LogP contribution in [0.3, 0.4) is 0 Å². The molecule has 1 N–H and O–H groups in total. The van der Waals surface area contributed by atoms with Crippen molar-refractivity contribution in [2.75, 3.05) is 7.05 Å². The molecular weight excluding hydrogens is 222 g/mol. The van der Waals surface area contributed by atoms with Gasteiger partial charge in [-0.25, -0.2) is 4.98 Å². The second-order valence-corrected chi connectivity index (χ2v) is 4.09. The van der Waals surface area contributed by atoms with Gasteiger partial charge in [-0.3, -0.25) is 9.78 Å². The molecule has 0 aliphatic carbocycles. The largest absolute Gasteiger partial charge is 0.359 e. The van der Waals surface area contributed by atoms with E-state index in [-0.39, 0.29) is 5.91 Å². The van der Waals surface area contributed by atoms with Gasteiger partial charge < -0.3 is 5.32 Å². The summed E-state index contributed by atoms with van der Waals surface area (Å²) in [5, 5.41) is 5.37. The van der Waals surface area contributed by atoms with Gasteiger partial charge in [-0.15, -0.1) is 11.3 Å². The molecule has 0 aliphatic heterocycles. The van der Waals surface area contributed by atoms with Crippen LogP contribution < -0.4 is 5.32 Å². The van der Waals surface area contributed by atoms with E-state index in [0.717, 1.165) is 16.3 Å². The zero-order valence-electron chi connectivity index (χ0n) is 8.80. The Morgan fingerprint density at radius 1 is 1.56 bits per heavy atom. The summed E-state index contributed by atoms with van der Waals surface area (Å²) in [6.07, 6.45) is 3.82. The van der Waals surface area contributed by atoms with Crippen LogP contribution in [0.15, 0.2) is 29.9 Å². The number of likely N-dealkylation sites (N-methyl/N-ethyl adjacent to an activating group) is 1. The third-order valence-corrected chi connectivity index (χ3v) is 3.02. The lowest BCUT2D eigenvalue weighted by Gasteiger charge is -1.95. The number of nitrogens with one attached hydrogen (secondary N) is 1. The number of hydrogen-bond donors (Lipinski definition) is 1. The first-order chi connectivity index (χ1) is 7.79. The topological polar surface area (TPSA) is 54.9 Å². The third-order valence-electron chi connectivity index (χ3n) is 2.08. The Kier molecular flexibility index (Phi) is 3.26. The van der Waals surface area contributed by atoms with Crippen LogP contribution in [0, 0.1) is 0 Å². The van der Waals surface area contributed by atoms with Crippen LogP contribution in [-0.4, -0.2) is 22.9 Å². The minimum atomic E-state index is -0.0250. The summed E-state index contributed by atoms with van der Waals surface area (Å²) < 4.78 is 0. The van der Waals surface area contributed by atoms with Gasteiger partial charge >= 0.3 is 0 Å². The van der Waals surface area contributed by atoms with Crippen LogP contribution in [0.25, 0.3) is 10.6 Å². The van der Waals surface area contributed by atoms with Gasteiger partial charge in [0.25, 0.3) is 0 Å². The van der Waals surface area contributed by atoms with Crippen LogP contribution in [0.1, 0.15) is 5.69 Å². The summed E-state index contributed by atoms with van der Waals surface area (Å²) in [6.45, 7) is 0. The Morgan fingerprint density at radius 2 is 2.44 bits per heavy atom. The molecule has 82 valence electrons. The van der Waals surface area contributed by atoms with Crippen LogP contribution >= 0.6 is 11.3 Å². The lowest BCUT2D eigenvalue weighted by molar-refractivity contribution is -0.120. The van der Waals surface area contributed by atoms with Gasteiger partial charge in [0, 0.05) is 30.4 Å². The molecular formula is C11H11N3OS. The Bertz CT molecular complexity index is 481. The second-order valence-electron chi connectivity index (χ2n) is 3.24. The van der Waals surface area contributed by atoms with Crippen LogP contribution in [0.2, 0.25) is 0 Å². The molecule has 2 aromatic rings. The number of carbonyl (C=O) groups excluding carboxylic acids is 1. The quantitative estimate of drug-likeness (QED) is 0.874. The average Bonchev–Trinajstić information content (AvgIpc) is 2.78. The van der Waals surface area contributed by atoms with Gasteiger partial charge in [0.15, 0.2) is 0 Å². The molecule has 0 spiro atoms. The summed E-state index contributed by atoms with van der Waals surface area (Å²) in [6, 6.07) is 3.82. The SMILES string of the molecule is CNC(=O)Cc1csc(-c2cccnc2)n1. The van der Waals surface area contributed by atoms with Crippen molar-refractivity contribution in [3.63, 3.8) is 0 Å². The van der Waals surface area contributed by atoms with Crippen molar-refractivity contribution in [2.45, 2.75) is 6.42 Å². The molecule has 0 fully saturated rings. The van der Waals surface area contributed by atoms with Crippen LogP contribution in [-0.2, 0) is 11.2 Å². The standard InChI is InChI=1S/C11H11N3OS/c1-12-10(15)5-9-7-16-11(14-9)8-3-2-4-13-6-8/h2-4,6-7H,5H2,1H3,(H,12,15). The van der Waals surface area contributed by atoms with E-state index in [0.29, 0.717) is 6.42 Å². The van der Waals surface area contributed by atoms with Gasteiger partial charge in [0.05, 0.1) is 12.1 Å². The zero-order chi connectivity index (χ0) is 11.4. The van der Waals surface area contributed by atoms with E-state index in [9.17, 15) is 4.79 Å². The minimum absolute atomic E-state index is 0.0250. The summed E-state index contributed by atoms with van der Waals surface area (Å²) in [5.41, 5.74) is 1.78. The molecule has 5 heteroatoms. The summed E-state index contributed by atoms with van der Waals surface area (Å²) in [7, 11) is 1.62. The molecule has 16 heavy (non-hydrogen) atoms. The van der Waals surface area contributed by atoms with Gasteiger partial charge in [0.1, 0.15) is 5.01 Å². The smallest absolute Gasteiger partial charge is 0.225 e. The number of aromatic nitrogens is 2. The monoisotopic (exact) mass is 233 g/mol. The summed E-state index contributed by atoms with van der Waals surface area (Å²) in [5.74, 6) is -0.0250. The molecule has 4 nitrogen and oxygen atoms in total. The fourth-order valence-corrected chi connectivity index (χ4v) is 2.07. The van der Waals surface area contributed by atoms with E-state index >= 15 is 0 Å². The fourth-order valence-electron chi connectivity index (χ4n) is 1.26. The second kappa shape index (κ2) is 4.85. The van der Waals surface area contributed by atoms with E-state index < -0.39 is 0 Å². The number of thiazole rings is 1. The first-order valence-electron chi connectivity index (χ1n) is 4.85. The highest BCUT2D eigenvalue weighted by Gasteiger charge is 2.07. The number of hydrogen-bond acceptors (Lipinski definition) is 4. The molecule has 2 heterocycles. The number of nitrogens with zero attached hydrogens (tertiary/aromatic N) is 2. The molecule has 2 aromatic heterocycles. The van der Waals surface area contributed by atoms with Gasteiger partial charge in [-0.1, -0.05) is 0 Å². The number of carbonyl (C=O) groups is 1. The number of rotatable bonds is 3. The lowest BCUT2D eigenvalue weighted by atomic mass is 10.3. The highest BCUT2D eigenvalue weighted by molar-refractivity contribution is 7.13. The molecule has 0 saturated heterocycles. The van der Waals surface area contributed by atoms with E-state index in [1.54, 1.807) is 19.4 Å². The Hall–Kier alpha value is -1.75. The molecule has 2 rings (SSSR count). The fraction of sp³-hybridized carbons (Fsp3) is 0.182. The Morgan fingerprint density at radius 3 is 3.12 bits per heavy atom. The van der Waals surface area contributed by atoms with Crippen molar-refractivity contribution in [1.82, 2.24) is 15.3 Å². The van der Waals surface area contributed by atoms with E-state index in [4.69, 9.17) is 0 Å². The maximum Gasteiger partial charge on any atom is 0.225 e. The Labute approximate surface area is 97.4 Å². The molecule has 0 aromatic carbocycles. The maximum absolute atomic E-state index is 11.2. The lowest BCUT2D eigenvalue weighted by Crippen LogP contribution is -2.19. The number of pyridine rings is 1. The van der Waals surface area contributed by atoms with Crippen LogP contribution in [0.4, 0.5) is 0 Å². The minimum Gasteiger partial charge on any atom is -0.359 e. The first kappa shape index (κ1) is 10.8. The first-order valence-corrected chi connectivity index (χ1v) is 5.73. The normalized spacial score (nSPS) is 10.1. The predicted molar refractivity (Wildman–Crippen MR) is 63.1 cm³/mol. The van der Waals surface area contributed by atoms with Crippen molar-refractivity contribution < 1.29 is 4.79 Å². The van der Waals surface area contributed by atoms with Crippen molar-refractivity contribution in [2.24, 2.45) is 0 Å². The molecule has 0 unspecified atom stereocenters. The average molecular weight is 233 g/mol. The molecule has 0 atom stereocenters. The molecule has 1 amide bonds. The third kappa shape index (κ3) is 2.43. The van der Waals surface area contributed by atoms with Crippen molar-refractivity contribution >= 4 is 17.2 Å². The van der Waals surface area contributed by atoms with Crippen molar-refractivity contribution in [3.05, 3.63) is 35.6 Å². The Balaban J connectivity index is 2.17. The summed E-state index contributed by atoms with van der Waals surface area (Å²) in [4.78, 5) is 19.6. The molecule has 0 saturated carbocycles. The molecule has 0 bridgehead atoms. The maximum atomic E-state index is 11.2. The molecule has 0 aliphatic rings. The highest BCUT2D eigenvalue weighted by Crippen LogP contribution is 2.22. The summed E-state index contributed by atoms with van der Waals surface area (Å²) >= 11 is 1.52. The zero-order valence-corrected chi connectivity index (χ0v) is 9.62.